The van der Waals surface area contributed by atoms with Gasteiger partial charge in [0.15, 0.2) is 29.5 Å². The van der Waals surface area contributed by atoms with Gasteiger partial charge in [-0.2, -0.15) is 0 Å². The first kappa shape index (κ1) is 38.4. The predicted octanol–water partition coefficient (Wildman–Crippen LogP) is -1.52. The van der Waals surface area contributed by atoms with E-state index in [1.807, 2.05) is 30.6 Å². The molecule has 0 aliphatic heterocycles. The third-order valence-corrected chi connectivity index (χ3v) is 11.1. The van der Waals surface area contributed by atoms with E-state index in [9.17, 15) is 25.3 Å². The summed E-state index contributed by atoms with van der Waals surface area (Å²) in [4.78, 5) is 6.11. The highest BCUT2D eigenvalue weighted by Gasteiger charge is 2.16. The zero-order chi connectivity index (χ0) is 29.8. The van der Waals surface area contributed by atoms with Crippen LogP contribution in [0.2, 0.25) is 0 Å². The summed E-state index contributed by atoms with van der Waals surface area (Å²) >= 11 is 0. The first-order valence-corrected chi connectivity index (χ1v) is 19.2. The molecule has 0 aliphatic rings. The van der Waals surface area contributed by atoms with Crippen molar-refractivity contribution in [3.8, 4) is 0 Å². The van der Waals surface area contributed by atoms with Crippen LogP contribution < -0.4 is 16.4 Å². The van der Waals surface area contributed by atoms with E-state index in [4.69, 9.17) is 5.73 Å². The fraction of sp³-hybridized carbons (Fsp3) is 0.917. The average Bonchev–Trinajstić information content (AvgIpc) is 2.89. The molecular weight excluding hydrogens is 565 g/mol. The number of hydrogen-bond acceptors (Lipinski definition) is 12. The maximum atomic E-state index is 12.5. The molecular formula is C24H54N6O6S3. The van der Waals surface area contributed by atoms with E-state index in [2.05, 4.69) is 22.1 Å². The van der Waals surface area contributed by atoms with Crippen LogP contribution in [0.4, 0.5) is 0 Å². The van der Waals surface area contributed by atoms with Gasteiger partial charge in [-0.3, -0.25) is 0 Å². The van der Waals surface area contributed by atoms with E-state index in [0.29, 0.717) is 78.5 Å². The van der Waals surface area contributed by atoms with Crippen molar-refractivity contribution in [3.05, 3.63) is 12.0 Å². The fourth-order valence-corrected chi connectivity index (χ4v) is 6.79. The van der Waals surface area contributed by atoms with Crippen molar-refractivity contribution in [2.75, 3.05) is 120 Å². The molecule has 0 amide bonds. The van der Waals surface area contributed by atoms with Gasteiger partial charge in [-0.25, -0.2) is 25.3 Å². The molecule has 0 saturated heterocycles. The topological polar surface area (TPSA) is 162 Å². The number of hydrogen-bond donors (Lipinski definition) is 3. The Morgan fingerprint density at radius 1 is 0.590 bits per heavy atom. The van der Waals surface area contributed by atoms with Crippen molar-refractivity contribution in [2.24, 2.45) is 5.73 Å². The molecule has 0 aromatic heterocycles. The Bertz CT molecular complexity index is 961. The van der Waals surface area contributed by atoms with Gasteiger partial charge in [0.1, 0.15) is 0 Å². The van der Waals surface area contributed by atoms with Gasteiger partial charge in [-0.05, 0) is 19.6 Å². The van der Waals surface area contributed by atoms with E-state index < -0.39 is 29.5 Å². The maximum Gasteiger partial charge on any atom is 0.172 e. The first-order valence-electron chi connectivity index (χ1n) is 13.9. The summed E-state index contributed by atoms with van der Waals surface area (Å²) in [6.07, 6.45) is 0. The van der Waals surface area contributed by atoms with Crippen molar-refractivity contribution in [1.29, 1.82) is 0 Å². The number of nitrogens with one attached hydrogen (secondary N) is 2. The summed E-state index contributed by atoms with van der Waals surface area (Å²) < 4.78 is 72.6. The summed E-state index contributed by atoms with van der Waals surface area (Å²) in [5.41, 5.74) is 5.57. The van der Waals surface area contributed by atoms with E-state index in [1.165, 1.54) is 0 Å². The van der Waals surface area contributed by atoms with Crippen LogP contribution in [0.3, 0.4) is 0 Å². The fourth-order valence-electron chi connectivity index (χ4n) is 3.73. The second-order valence-corrected chi connectivity index (χ2v) is 16.1. The molecule has 0 bridgehead atoms. The minimum Gasteiger partial charge on any atom is -0.329 e. The molecule has 0 radical (unpaired) electrons. The van der Waals surface area contributed by atoms with E-state index in [0.717, 1.165) is 18.5 Å². The summed E-state index contributed by atoms with van der Waals surface area (Å²) in [6, 6.07) is 0. The van der Waals surface area contributed by atoms with Crippen molar-refractivity contribution in [2.45, 2.75) is 20.8 Å². The molecule has 0 heterocycles. The predicted molar refractivity (Wildman–Crippen MR) is 162 cm³/mol. The Morgan fingerprint density at radius 2 is 0.974 bits per heavy atom. The van der Waals surface area contributed by atoms with E-state index >= 15 is 0 Å². The number of nitrogens with zero attached hydrogens (tertiary/aromatic N) is 3. The zero-order valence-corrected chi connectivity index (χ0v) is 26.8. The zero-order valence-electron chi connectivity index (χ0n) is 24.3. The number of rotatable bonds is 27. The van der Waals surface area contributed by atoms with Crippen LogP contribution >= 0.6 is 0 Å². The lowest BCUT2D eigenvalue weighted by molar-refractivity contribution is 0.301. The molecule has 4 N–H and O–H groups in total. The van der Waals surface area contributed by atoms with Crippen molar-refractivity contribution in [3.63, 3.8) is 0 Å². The Balaban J connectivity index is 4.21. The molecule has 0 atom stereocenters. The Kier molecular flexibility index (Phi) is 20.8. The molecule has 15 heteroatoms. The molecule has 0 fully saturated rings. The molecule has 0 saturated carbocycles. The van der Waals surface area contributed by atoms with Crippen molar-refractivity contribution in [1.82, 2.24) is 25.3 Å². The second kappa shape index (κ2) is 21.1. The van der Waals surface area contributed by atoms with Crippen molar-refractivity contribution < 1.29 is 25.3 Å². The lowest BCUT2D eigenvalue weighted by Gasteiger charge is -2.22. The first-order chi connectivity index (χ1) is 18.3. The largest absolute Gasteiger partial charge is 0.329 e. The highest BCUT2D eigenvalue weighted by molar-refractivity contribution is 7.94. The quantitative estimate of drug-likeness (QED) is 0.0913. The molecule has 39 heavy (non-hydrogen) atoms. The lowest BCUT2D eigenvalue weighted by atomic mass is 10.4. The SMILES string of the molecule is C=CS(=O)(=O)CCNCCN(CC)CCS(=O)(=O)CCNCCN(CC)CCS(=O)(=O)CCN(CC)CCN. The molecule has 12 nitrogen and oxygen atoms in total. The molecule has 0 rings (SSSR count). The lowest BCUT2D eigenvalue weighted by Crippen LogP contribution is -2.39. The van der Waals surface area contributed by atoms with Crippen LogP contribution in [0.1, 0.15) is 20.8 Å². The summed E-state index contributed by atoms with van der Waals surface area (Å²) in [5.74, 6) is 0.326. The molecule has 0 spiro atoms. The smallest absolute Gasteiger partial charge is 0.172 e. The van der Waals surface area contributed by atoms with Crippen LogP contribution in [0.15, 0.2) is 12.0 Å². The maximum absolute atomic E-state index is 12.5. The third kappa shape index (κ3) is 20.8. The van der Waals surface area contributed by atoms with Crippen LogP contribution in [0.25, 0.3) is 0 Å². The van der Waals surface area contributed by atoms with Gasteiger partial charge in [-0.1, -0.05) is 27.4 Å². The molecule has 0 aromatic carbocycles. The van der Waals surface area contributed by atoms with Crippen molar-refractivity contribution >= 4 is 29.5 Å². The van der Waals surface area contributed by atoms with Crippen LogP contribution in [0, 0.1) is 0 Å². The standard InChI is InChI=1S/C24H54N6O6S3/c1-5-28(14-9-25)17-23-39(35,36)24-19-30(7-3)16-11-27-13-21-38(33,34)22-18-29(6-2)15-10-26-12-20-37(31,32)8-4/h8,26-27H,4-7,9-25H2,1-3H3. The average molecular weight is 619 g/mol. The molecule has 0 aliphatic carbocycles. The number of nitrogens with two attached hydrogens (primary N) is 1. The Hall–Kier alpha value is -0.650. The summed E-state index contributed by atoms with van der Waals surface area (Å²) in [7, 11) is -9.60. The normalized spacial score (nSPS) is 13.1. The van der Waals surface area contributed by atoms with Gasteiger partial charge in [0.25, 0.3) is 0 Å². The minimum atomic E-state index is -3.22. The van der Waals surface area contributed by atoms with Crippen LogP contribution in [-0.2, 0) is 29.5 Å². The highest BCUT2D eigenvalue weighted by atomic mass is 32.2. The second-order valence-electron chi connectivity index (χ2n) is 9.43. The van der Waals surface area contributed by atoms with Gasteiger partial charge >= 0.3 is 0 Å². The molecule has 0 unspecified atom stereocenters. The Labute approximate surface area is 238 Å². The van der Waals surface area contributed by atoms with E-state index in [-0.39, 0.29) is 28.8 Å². The van der Waals surface area contributed by atoms with Crippen LogP contribution in [-0.4, -0.2) is 160 Å². The summed E-state index contributed by atoms with van der Waals surface area (Å²) in [6.45, 7) is 17.1. The monoisotopic (exact) mass is 618 g/mol. The number of likely N-dealkylation sites (N-methyl/N-ethyl adjacent to an activating group) is 3. The molecule has 234 valence electrons. The summed E-state index contributed by atoms with van der Waals surface area (Å²) in [5, 5.41) is 7.18. The van der Waals surface area contributed by atoms with Gasteiger partial charge in [-0.15, -0.1) is 0 Å². The van der Waals surface area contributed by atoms with Crippen LogP contribution in [0.5, 0.6) is 0 Å². The third-order valence-electron chi connectivity index (χ3n) is 6.56. The van der Waals surface area contributed by atoms with Gasteiger partial charge in [0.05, 0.1) is 28.8 Å². The van der Waals surface area contributed by atoms with Gasteiger partial charge in [0, 0.05) is 77.4 Å². The Morgan fingerprint density at radius 3 is 1.36 bits per heavy atom. The van der Waals surface area contributed by atoms with E-state index in [1.54, 1.807) is 0 Å². The minimum absolute atomic E-state index is 0.00729. The highest BCUT2D eigenvalue weighted by Crippen LogP contribution is 1.98. The number of sulfone groups is 3. The van der Waals surface area contributed by atoms with Gasteiger partial charge in [0.2, 0.25) is 0 Å². The van der Waals surface area contributed by atoms with Gasteiger partial charge < -0.3 is 31.1 Å². The molecule has 0 aromatic rings.